The second-order valence-corrected chi connectivity index (χ2v) is 4.50. The molecule has 0 heterocycles. The lowest BCUT2D eigenvalue weighted by Crippen LogP contribution is -2.12. The van der Waals surface area contributed by atoms with E-state index in [1.54, 1.807) is 19.9 Å². The summed E-state index contributed by atoms with van der Waals surface area (Å²) in [5, 5.41) is 19.7. The molecule has 0 atom stereocenters. The van der Waals surface area contributed by atoms with E-state index in [1.165, 1.54) is 24.3 Å². The van der Waals surface area contributed by atoms with Crippen molar-refractivity contribution < 1.29 is 14.5 Å². The third kappa shape index (κ3) is 4.07. The van der Waals surface area contributed by atoms with E-state index in [1.807, 2.05) is 0 Å². The van der Waals surface area contributed by atoms with Crippen LogP contribution in [-0.4, -0.2) is 17.0 Å². The van der Waals surface area contributed by atoms with Gasteiger partial charge < -0.3 is 4.74 Å². The molecule has 0 radical (unpaired) electrons. The van der Waals surface area contributed by atoms with E-state index in [4.69, 9.17) is 21.6 Å². The number of carbonyl (C=O) groups is 1. The molecule has 1 rings (SSSR count). The van der Waals surface area contributed by atoms with E-state index >= 15 is 0 Å². The molecule has 0 spiro atoms. The van der Waals surface area contributed by atoms with Gasteiger partial charge in [-0.3, -0.25) is 10.1 Å². The minimum Gasteiger partial charge on any atom is -0.459 e. The summed E-state index contributed by atoms with van der Waals surface area (Å²) in [4.78, 5) is 21.7. The van der Waals surface area contributed by atoms with Crippen LogP contribution in [0.15, 0.2) is 23.8 Å². The van der Waals surface area contributed by atoms with Crippen molar-refractivity contribution in [3.8, 4) is 6.07 Å². The van der Waals surface area contributed by atoms with Crippen molar-refractivity contribution in [1.82, 2.24) is 0 Å². The molecule has 6 nitrogen and oxygen atoms in total. The van der Waals surface area contributed by atoms with Gasteiger partial charge in [0.25, 0.3) is 5.69 Å². The van der Waals surface area contributed by atoms with Crippen molar-refractivity contribution >= 4 is 29.3 Å². The van der Waals surface area contributed by atoms with Gasteiger partial charge in [0.1, 0.15) is 16.7 Å². The topological polar surface area (TPSA) is 93.2 Å². The number of nitro groups is 1. The van der Waals surface area contributed by atoms with Gasteiger partial charge in [-0.25, -0.2) is 4.79 Å². The van der Waals surface area contributed by atoms with Crippen LogP contribution in [0.2, 0.25) is 5.02 Å². The molecule has 104 valence electrons. The SMILES string of the molecule is CC(C)OC(=O)/C(C#N)=C\c1ccc(Cl)c([N+](=O)[O-])c1. The Hall–Kier alpha value is -2.39. The number of hydrogen-bond acceptors (Lipinski definition) is 5. The predicted octanol–water partition coefficient (Wildman–Crippen LogP) is 3.11. The monoisotopic (exact) mass is 294 g/mol. The van der Waals surface area contributed by atoms with Crippen LogP contribution in [0.5, 0.6) is 0 Å². The number of nitriles is 1. The molecule has 0 fully saturated rings. The van der Waals surface area contributed by atoms with Crippen LogP contribution in [0, 0.1) is 21.4 Å². The van der Waals surface area contributed by atoms with Gasteiger partial charge in [-0.2, -0.15) is 5.26 Å². The zero-order chi connectivity index (χ0) is 15.3. The average Bonchev–Trinajstić information content (AvgIpc) is 2.36. The standard InChI is InChI=1S/C13H11ClN2O4/c1-8(2)20-13(17)10(7-15)5-9-3-4-11(14)12(6-9)16(18)19/h3-6,8H,1-2H3/b10-5-. The van der Waals surface area contributed by atoms with Gasteiger partial charge in [0.15, 0.2) is 0 Å². The quantitative estimate of drug-likeness (QED) is 0.280. The first-order valence-electron chi connectivity index (χ1n) is 5.62. The number of esters is 1. The van der Waals surface area contributed by atoms with Crippen LogP contribution in [0.3, 0.4) is 0 Å². The maximum Gasteiger partial charge on any atom is 0.349 e. The normalized spacial score (nSPS) is 11.1. The van der Waals surface area contributed by atoms with Gasteiger partial charge in [0, 0.05) is 6.07 Å². The molecular formula is C13H11ClN2O4. The van der Waals surface area contributed by atoms with Crippen LogP contribution >= 0.6 is 11.6 Å². The zero-order valence-corrected chi connectivity index (χ0v) is 11.5. The molecule has 7 heteroatoms. The van der Waals surface area contributed by atoms with E-state index < -0.39 is 10.9 Å². The molecule has 0 aliphatic heterocycles. The third-order valence-electron chi connectivity index (χ3n) is 2.16. The van der Waals surface area contributed by atoms with Gasteiger partial charge in [0.05, 0.1) is 11.0 Å². The summed E-state index contributed by atoms with van der Waals surface area (Å²) < 4.78 is 4.89. The first kappa shape index (κ1) is 15.7. The lowest BCUT2D eigenvalue weighted by Gasteiger charge is -2.06. The number of ether oxygens (including phenoxy) is 1. The summed E-state index contributed by atoms with van der Waals surface area (Å²) in [7, 11) is 0. The maximum absolute atomic E-state index is 11.6. The Morgan fingerprint density at radius 2 is 2.20 bits per heavy atom. The highest BCUT2D eigenvalue weighted by atomic mass is 35.5. The van der Waals surface area contributed by atoms with Crippen LogP contribution in [-0.2, 0) is 9.53 Å². The lowest BCUT2D eigenvalue weighted by atomic mass is 10.1. The highest BCUT2D eigenvalue weighted by molar-refractivity contribution is 6.32. The first-order chi connectivity index (χ1) is 9.35. The maximum atomic E-state index is 11.6. The molecule has 0 amide bonds. The number of benzene rings is 1. The molecule has 0 bridgehead atoms. The van der Waals surface area contributed by atoms with Gasteiger partial charge in [0.2, 0.25) is 0 Å². The van der Waals surface area contributed by atoms with Crippen molar-refractivity contribution in [2.75, 3.05) is 0 Å². The number of halogens is 1. The van der Waals surface area contributed by atoms with Crippen LogP contribution in [0.4, 0.5) is 5.69 Å². The van der Waals surface area contributed by atoms with Crippen molar-refractivity contribution in [2.45, 2.75) is 20.0 Å². The highest BCUT2D eigenvalue weighted by Crippen LogP contribution is 2.26. The largest absolute Gasteiger partial charge is 0.459 e. The first-order valence-corrected chi connectivity index (χ1v) is 5.99. The summed E-state index contributed by atoms with van der Waals surface area (Å²) in [6, 6.07) is 5.68. The molecule has 0 aliphatic rings. The Kier molecular flexibility index (Phi) is 5.23. The van der Waals surface area contributed by atoms with Gasteiger partial charge in [-0.1, -0.05) is 17.7 Å². The molecule has 0 saturated carbocycles. The van der Waals surface area contributed by atoms with E-state index in [0.717, 1.165) is 0 Å². The zero-order valence-electron chi connectivity index (χ0n) is 10.8. The summed E-state index contributed by atoms with van der Waals surface area (Å²) in [6.07, 6.45) is 0.854. The third-order valence-corrected chi connectivity index (χ3v) is 2.48. The minimum atomic E-state index is -0.778. The number of carbonyl (C=O) groups excluding carboxylic acids is 1. The molecule has 1 aromatic rings. The van der Waals surface area contributed by atoms with E-state index in [-0.39, 0.29) is 22.4 Å². The number of rotatable bonds is 4. The van der Waals surface area contributed by atoms with Gasteiger partial charge in [-0.05, 0) is 31.6 Å². The summed E-state index contributed by atoms with van der Waals surface area (Å²) >= 11 is 5.67. The van der Waals surface area contributed by atoms with Crippen LogP contribution in [0.25, 0.3) is 6.08 Å². The molecular weight excluding hydrogens is 284 g/mol. The molecule has 0 N–H and O–H groups in total. The fourth-order valence-electron chi connectivity index (χ4n) is 1.34. The van der Waals surface area contributed by atoms with Crippen molar-refractivity contribution in [2.24, 2.45) is 0 Å². The Bertz CT molecular complexity index is 617. The van der Waals surface area contributed by atoms with Crippen LogP contribution < -0.4 is 0 Å². The number of nitrogens with zero attached hydrogens (tertiary/aromatic N) is 2. The predicted molar refractivity (Wildman–Crippen MR) is 72.9 cm³/mol. The molecule has 0 saturated heterocycles. The molecule has 1 aromatic carbocycles. The number of hydrogen-bond donors (Lipinski definition) is 0. The second-order valence-electron chi connectivity index (χ2n) is 4.09. The fourth-order valence-corrected chi connectivity index (χ4v) is 1.53. The second kappa shape index (κ2) is 6.68. The van der Waals surface area contributed by atoms with Crippen molar-refractivity contribution in [1.29, 1.82) is 5.26 Å². The smallest absolute Gasteiger partial charge is 0.349 e. The summed E-state index contributed by atoms with van der Waals surface area (Å²) in [5.74, 6) is -0.778. The summed E-state index contributed by atoms with van der Waals surface area (Å²) in [5.41, 5.74) is -0.219. The fraction of sp³-hybridized carbons (Fsp3) is 0.231. The highest BCUT2D eigenvalue weighted by Gasteiger charge is 2.15. The van der Waals surface area contributed by atoms with Crippen molar-refractivity contribution in [3.63, 3.8) is 0 Å². The molecule has 20 heavy (non-hydrogen) atoms. The molecule has 0 aromatic heterocycles. The Morgan fingerprint density at radius 3 is 2.70 bits per heavy atom. The van der Waals surface area contributed by atoms with Crippen LogP contribution in [0.1, 0.15) is 19.4 Å². The van der Waals surface area contributed by atoms with E-state index in [2.05, 4.69) is 0 Å². The molecule has 0 aliphatic carbocycles. The van der Waals surface area contributed by atoms with Crippen molar-refractivity contribution in [3.05, 3.63) is 44.5 Å². The number of nitro benzene ring substituents is 1. The minimum absolute atomic E-state index is 0.0181. The van der Waals surface area contributed by atoms with E-state index in [9.17, 15) is 14.9 Å². The van der Waals surface area contributed by atoms with E-state index in [0.29, 0.717) is 5.56 Å². The lowest BCUT2D eigenvalue weighted by molar-refractivity contribution is -0.384. The Labute approximate surface area is 120 Å². The average molecular weight is 295 g/mol. The summed E-state index contributed by atoms with van der Waals surface area (Å²) in [6.45, 7) is 3.31. The Balaban J connectivity index is 3.14. The van der Waals surface area contributed by atoms with Gasteiger partial charge >= 0.3 is 5.97 Å². The molecule has 0 unspecified atom stereocenters. The van der Waals surface area contributed by atoms with Gasteiger partial charge in [-0.15, -0.1) is 0 Å². The Morgan fingerprint density at radius 1 is 1.55 bits per heavy atom.